The number of hydrogen-bond acceptors (Lipinski definition) is 13. The fourth-order valence-corrected chi connectivity index (χ4v) is 14.7. The molecule has 8 heterocycles. The molecule has 7 amide bonds. The maximum Gasteiger partial charge on any atom is 0.262 e. The third kappa shape index (κ3) is 10.2. The minimum Gasteiger partial charge on any atom is -0.368 e. The fraction of sp³-hybridized carbons (Fsp3) is 0.441. The van der Waals surface area contributed by atoms with Crippen molar-refractivity contribution in [3.63, 3.8) is 0 Å². The van der Waals surface area contributed by atoms with Crippen LogP contribution in [-0.2, 0) is 19.8 Å². The molecule has 19 nitrogen and oxygen atoms in total. The molecule has 6 aromatic rings. The van der Waals surface area contributed by atoms with E-state index in [9.17, 15) is 33.6 Å². The van der Waals surface area contributed by atoms with Gasteiger partial charge >= 0.3 is 0 Å². The molecule has 1 saturated carbocycles. The Morgan fingerprint density at radius 2 is 1.49 bits per heavy atom. The van der Waals surface area contributed by atoms with Gasteiger partial charge < -0.3 is 34.4 Å². The third-order valence-electron chi connectivity index (χ3n) is 19.6. The lowest BCUT2D eigenvalue weighted by Crippen LogP contribution is -2.58. The molecule has 2 aromatic heterocycles. The van der Waals surface area contributed by atoms with Crippen LogP contribution in [0.2, 0.25) is 0 Å². The zero-order valence-corrected chi connectivity index (χ0v) is 50.7. The Labute approximate surface area is 510 Å². The Bertz CT molecular complexity index is 3890. The Kier molecular flexibility index (Phi) is 15.1. The Morgan fingerprint density at radius 3 is 2.18 bits per heavy atom. The first-order valence-corrected chi connectivity index (χ1v) is 31.3. The standard InChI is InChI=1S/C68H74FN11O8/c1-38(2)28-58(81)49-34-54(52(69)29-40(49)5)72-61-60-55(70-37-78(60)39(3)4)35-53(71-61)44-14-17-51-57(30-44)79(47-31-46(32-47)74-22-8-7-9-23-74)67(88)68(51)20-24-75(25-21-68)63(84)42-10-12-43(13-11-42)64(85)77-27-26-76(36-41(77)6)45-15-16-48-50(33-45)66(87)80(65(48)86)56-18-19-59(82)73-62(56)83/h10-17,29-30,33-35,37-39,41,46-47,56H,7-9,18-28,31-32,36H2,1-6H3,(H,71,72)(H,73,82,83). The number of aromatic nitrogens is 3. The molecule has 0 radical (unpaired) electrons. The first-order valence-electron chi connectivity index (χ1n) is 31.3. The minimum absolute atomic E-state index is 0.00146. The van der Waals surface area contributed by atoms with Gasteiger partial charge in [0.05, 0.1) is 39.8 Å². The second-order valence-electron chi connectivity index (χ2n) is 26.0. The van der Waals surface area contributed by atoms with Crippen LogP contribution in [0.3, 0.4) is 0 Å². The first-order chi connectivity index (χ1) is 42.3. The molecule has 20 heteroatoms. The summed E-state index contributed by atoms with van der Waals surface area (Å²) in [5.74, 6) is -2.60. The molecule has 456 valence electrons. The van der Waals surface area contributed by atoms with Gasteiger partial charge in [-0.15, -0.1) is 0 Å². The SMILES string of the molecule is Cc1cc(F)c(Nc2nc(-c3ccc4c(c3)N(C3CC(N5CCCCC5)C3)C(=O)C43CCN(C(=O)c4ccc(C(=O)N5CCN(c6ccc7c(c6)C(=O)N(C6CCC(=O)NC6=O)C7=O)CC5C)cc4)CC3)cc3ncn(C(C)C)c23)cc1C(=O)CC(C)C. The van der Waals surface area contributed by atoms with Crippen molar-refractivity contribution in [3.05, 3.63) is 130 Å². The highest BCUT2D eigenvalue weighted by molar-refractivity contribution is 6.24. The fourth-order valence-electron chi connectivity index (χ4n) is 14.7. The van der Waals surface area contributed by atoms with Crippen molar-refractivity contribution >= 4 is 81.0 Å². The summed E-state index contributed by atoms with van der Waals surface area (Å²) in [4.78, 5) is 130. The van der Waals surface area contributed by atoms with E-state index < -0.39 is 40.9 Å². The van der Waals surface area contributed by atoms with Crippen molar-refractivity contribution in [1.29, 1.82) is 0 Å². The Morgan fingerprint density at radius 1 is 0.773 bits per heavy atom. The number of imidazole rings is 1. The number of hydrogen-bond donors (Lipinski definition) is 2. The number of benzene rings is 4. The van der Waals surface area contributed by atoms with Gasteiger partial charge in [0.2, 0.25) is 17.7 Å². The number of piperazine rings is 1. The summed E-state index contributed by atoms with van der Waals surface area (Å²) in [7, 11) is 0. The summed E-state index contributed by atoms with van der Waals surface area (Å²) in [6, 6.07) is 21.9. The number of nitrogens with one attached hydrogen (secondary N) is 2. The van der Waals surface area contributed by atoms with Crippen molar-refractivity contribution in [1.82, 2.24) is 39.5 Å². The van der Waals surface area contributed by atoms with Gasteiger partial charge in [0, 0.05) is 103 Å². The van der Waals surface area contributed by atoms with Crippen molar-refractivity contribution in [2.45, 2.75) is 141 Å². The van der Waals surface area contributed by atoms with E-state index in [4.69, 9.17) is 9.97 Å². The van der Waals surface area contributed by atoms with Crippen molar-refractivity contribution < 1.29 is 42.7 Å². The molecule has 13 rings (SSSR count). The van der Waals surface area contributed by atoms with Gasteiger partial charge in [-0.3, -0.25) is 48.6 Å². The van der Waals surface area contributed by atoms with E-state index >= 15 is 9.18 Å². The molecule has 1 aliphatic carbocycles. The average molecular weight is 1190 g/mol. The highest BCUT2D eigenvalue weighted by Crippen LogP contribution is 2.52. The van der Waals surface area contributed by atoms with Gasteiger partial charge in [-0.1, -0.05) is 32.4 Å². The Hall–Kier alpha value is -8.65. The van der Waals surface area contributed by atoms with E-state index in [0.717, 1.165) is 47.6 Å². The van der Waals surface area contributed by atoms with Crippen LogP contribution in [0.1, 0.15) is 168 Å². The van der Waals surface area contributed by atoms with E-state index in [-0.39, 0.29) is 77.2 Å². The molecular formula is C68H74FN11O8. The lowest BCUT2D eigenvalue weighted by Gasteiger charge is -2.48. The molecule has 5 fully saturated rings. The molecule has 0 bridgehead atoms. The number of nitrogens with zero attached hydrogens (tertiary/aromatic N) is 9. The molecule has 4 saturated heterocycles. The van der Waals surface area contributed by atoms with Crippen LogP contribution in [0, 0.1) is 18.7 Å². The number of Topliss-reactive ketones (excluding diaryl/α,β-unsaturated/α-hetero) is 1. The highest BCUT2D eigenvalue weighted by atomic mass is 19.1. The molecule has 6 aliphatic heterocycles. The molecular weight excluding hydrogens is 1120 g/mol. The number of aryl methyl sites for hydroxylation is 1. The van der Waals surface area contributed by atoms with E-state index in [1.54, 1.807) is 66.7 Å². The summed E-state index contributed by atoms with van der Waals surface area (Å²) >= 11 is 0. The van der Waals surface area contributed by atoms with Crippen LogP contribution >= 0.6 is 0 Å². The number of carbonyl (C=O) groups is 8. The lowest BCUT2D eigenvalue weighted by atomic mass is 9.73. The smallest absolute Gasteiger partial charge is 0.262 e. The Balaban J connectivity index is 0.713. The van der Waals surface area contributed by atoms with Gasteiger partial charge in [-0.25, -0.2) is 14.4 Å². The molecule has 2 N–H and O–H groups in total. The van der Waals surface area contributed by atoms with Gasteiger partial charge in [0.1, 0.15) is 17.4 Å². The number of piperidine rings is 3. The zero-order chi connectivity index (χ0) is 61.6. The zero-order valence-electron chi connectivity index (χ0n) is 50.7. The summed E-state index contributed by atoms with van der Waals surface area (Å²) in [6.45, 7) is 15.9. The predicted octanol–water partition coefficient (Wildman–Crippen LogP) is 9.39. The largest absolute Gasteiger partial charge is 0.368 e. The first kappa shape index (κ1) is 58.4. The minimum atomic E-state index is -1.06. The number of anilines is 4. The summed E-state index contributed by atoms with van der Waals surface area (Å²) < 4.78 is 18.0. The van der Waals surface area contributed by atoms with E-state index in [0.29, 0.717) is 109 Å². The summed E-state index contributed by atoms with van der Waals surface area (Å²) in [5, 5.41) is 5.52. The summed E-state index contributed by atoms with van der Waals surface area (Å²) in [5.41, 5.74) is 6.76. The van der Waals surface area contributed by atoms with Crippen molar-refractivity contribution in [2.24, 2.45) is 5.92 Å². The topological polar surface area (TPSA) is 211 Å². The van der Waals surface area contributed by atoms with Crippen LogP contribution in [-0.4, -0.2) is 151 Å². The molecule has 4 aromatic carbocycles. The van der Waals surface area contributed by atoms with Gasteiger partial charge in [-0.05, 0) is 170 Å². The van der Waals surface area contributed by atoms with Crippen molar-refractivity contribution in [2.75, 3.05) is 60.9 Å². The van der Waals surface area contributed by atoms with Gasteiger partial charge in [0.25, 0.3) is 23.6 Å². The molecule has 2 atom stereocenters. The average Bonchev–Trinajstić information content (AvgIpc) is 1.57. The number of imide groups is 2. The maximum absolute atomic E-state index is 16.0. The number of ketones is 1. The molecule has 7 aliphatic rings. The normalized spacial score (nSPS) is 22.1. The predicted molar refractivity (Wildman–Crippen MR) is 330 cm³/mol. The number of likely N-dealkylation sites (tertiary alicyclic amines) is 2. The number of fused-ring (bicyclic) bond motifs is 4. The quantitative estimate of drug-likeness (QED) is 0.0816. The lowest BCUT2D eigenvalue weighted by molar-refractivity contribution is -0.136. The molecule has 88 heavy (non-hydrogen) atoms. The third-order valence-corrected chi connectivity index (χ3v) is 19.6. The van der Waals surface area contributed by atoms with E-state index in [1.807, 2.05) is 61.1 Å². The second kappa shape index (κ2) is 22.8. The van der Waals surface area contributed by atoms with Gasteiger partial charge in [-0.2, -0.15) is 0 Å². The highest BCUT2D eigenvalue weighted by Gasteiger charge is 2.56. The number of amides is 7. The van der Waals surface area contributed by atoms with Crippen LogP contribution in [0.4, 0.5) is 27.3 Å². The van der Waals surface area contributed by atoms with Crippen LogP contribution in [0.15, 0.2) is 85.2 Å². The van der Waals surface area contributed by atoms with Crippen molar-refractivity contribution in [3.8, 4) is 11.3 Å². The van der Waals surface area contributed by atoms with Crippen LogP contribution < -0.4 is 20.4 Å². The van der Waals surface area contributed by atoms with Gasteiger partial charge in [0.15, 0.2) is 11.6 Å². The number of pyridine rings is 1. The maximum atomic E-state index is 16.0. The second-order valence-corrected chi connectivity index (χ2v) is 26.0. The molecule has 1 spiro atoms. The number of carbonyl (C=O) groups excluding carboxylic acids is 8. The summed E-state index contributed by atoms with van der Waals surface area (Å²) in [6.07, 6.45) is 8.40. The number of rotatable bonds is 13. The van der Waals surface area contributed by atoms with E-state index in [2.05, 4.69) is 32.6 Å². The van der Waals surface area contributed by atoms with E-state index in [1.165, 1.54) is 25.3 Å². The van der Waals surface area contributed by atoms with Crippen LogP contribution in [0.5, 0.6) is 0 Å². The monoisotopic (exact) mass is 1190 g/mol. The number of halogens is 1. The van der Waals surface area contributed by atoms with Crippen LogP contribution in [0.25, 0.3) is 22.3 Å². The molecule has 2 unspecified atom stereocenters.